The molecule has 0 saturated heterocycles. The first-order valence-electron chi connectivity index (χ1n) is 7.99. The Kier molecular flexibility index (Phi) is 7.95. The van der Waals surface area contributed by atoms with Gasteiger partial charge < -0.3 is 14.8 Å². The van der Waals surface area contributed by atoms with Gasteiger partial charge in [-0.2, -0.15) is 11.8 Å². The number of benzene rings is 2. The van der Waals surface area contributed by atoms with Crippen molar-refractivity contribution in [3.8, 4) is 11.5 Å². The monoisotopic (exact) mass is 379 g/mol. The molecule has 25 heavy (non-hydrogen) atoms. The van der Waals surface area contributed by atoms with Crippen LogP contribution in [-0.2, 0) is 10.5 Å². The molecule has 0 unspecified atom stereocenters. The van der Waals surface area contributed by atoms with Crippen LogP contribution in [0.3, 0.4) is 0 Å². The van der Waals surface area contributed by atoms with E-state index in [0.29, 0.717) is 12.3 Å². The van der Waals surface area contributed by atoms with Crippen LogP contribution >= 0.6 is 23.4 Å². The number of ether oxygens (including phenoxy) is 2. The SMILES string of the molecule is COc1ccc(O[C@@H](C)C(=O)NCCSCc2ccc(Cl)cc2)cc1. The normalized spacial score (nSPS) is 11.6. The van der Waals surface area contributed by atoms with E-state index >= 15 is 0 Å². The van der Waals surface area contributed by atoms with Crippen molar-refractivity contribution in [2.75, 3.05) is 19.4 Å². The van der Waals surface area contributed by atoms with Gasteiger partial charge in [-0.3, -0.25) is 4.79 Å². The Hall–Kier alpha value is -1.85. The van der Waals surface area contributed by atoms with Crippen molar-refractivity contribution in [2.45, 2.75) is 18.8 Å². The summed E-state index contributed by atoms with van der Waals surface area (Å²) in [6, 6.07) is 15.0. The van der Waals surface area contributed by atoms with Crippen molar-refractivity contribution in [1.29, 1.82) is 0 Å². The minimum absolute atomic E-state index is 0.122. The van der Waals surface area contributed by atoms with Crippen molar-refractivity contribution in [1.82, 2.24) is 5.32 Å². The van der Waals surface area contributed by atoms with Crippen molar-refractivity contribution in [3.05, 3.63) is 59.1 Å². The number of thioether (sulfide) groups is 1. The van der Waals surface area contributed by atoms with Gasteiger partial charge in [0.05, 0.1) is 7.11 Å². The third-order valence-electron chi connectivity index (χ3n) is 3.47. The molecule has 0 bridgehead atoms. The van der Waals surface area contributed by atoms with E-state index in [4.69, 9.17) is 21.1 Å². The molecule has 0 saturated carbocycles. The molecule has 2 rings (SSSR count). The number of methoxy groups -OCH3 is 1. The molecule has 0 radical (unpaired) electrons. The van der Waals surface area contributed by atoms with Crippen LogP contribution in [0.15, 0.2) is 48.5 Å². The molecule has 1 atom stereocenters. The second kappa shape index (κ2) is 10.2. The second-order valence-electron chi connectivity index (χ2n) is 5.41. The number of hydrogen-bond acceptors (Lipinski definition) is 4. The fourth-order valence-electron chi connectivity index (χ4n) is 2.07. The molecule has 2 aromatic rings. The van der Waals surface area contributed by atoms with Gasteiger partial charge in [0.25, 0.3) is 5.91 Å². The summed E-state index contributed by atoms with van der Waals surface area (Å²) in [6.45, 7) is 2.34. The van der Waals surface area contributed by atoms with E-state index in [0.717, 1.165) is 22.3 Å². The molecule has 0 aliphatic rings. The summed E-state index contributed by atoms with van der Waals surface area (Å²) in [5.74, 6) is 3.00. The van der Waals surface area contributed by atoms with Crippen molar-refractivity contribution >= 4 is 29.3 Å². The Morgan fingerprint density at radius 2 is 1.76 bits per heavy atom. The fraction of sp³-hybridized carbons (Fsp3) is 0.316. The molecular weight excluding hydrogens is 358 g/mol. The summed E-state index contributed by atoms with van der Waals surface area (Å²) in [7, 11) is 1.61. The Morgan fingerprint density at radius 1 is 1.12 bits per heavy atom. The molecule has 6 heteroatoms. The van der Waals surface area contributed by atoms with Gasteiger partial charge in [0, 0.05) is 23.1 Å². The van der Waals surface area contributed by atoms with Crippen LogP contribution < -0.4 is 14.8 Å². The molecule has 2 aromatic carbocycles. The van der Waals surface area contributed by atoms with Crippen LogP contribution in [0.1, 0.15) is 12.5 Å². The Balaban J connectivity index is 1.64. The van der Waals surface area contributed by atoms with E-state index in [1.807, 2.05) is 24.3 Å². The third kappa shape index (κ3) is 6.88. The number of rotatable bonds is 9. The summed E-state index contributed by atoms with van der Waals surface area (Å²) in [4.78, 5) is 12.1. The zero-order valence-electron chi connectivity index (χ0n) is 14.3. The molecule has 0 spiro atoms. The van der Waals surface area contributed by atoms with Gasteiger partial charge in [0.1, 0.15) is 11.5 Å². The highest BCUT2D eigenvalue weighted by molar-refractivity contribution is 7.98. The highest BCUT2D eigenvalue weighted by atomic mass is 35.5. The lowest BCUT2D eigenvalue weighted by Gasteiger charge is -2.15. The van der Waals surface area contributed by atoms with Gasteiger partial charge in [-0.05, 0) is 48.9 Å². The summed E-state index contributed by atoms with van der Waals surface area (Å²) in [5.41, 5.74) is 1.22. The molecule has 134 valence electrons. The third-order valence-corrected chi connectivity index (χ3v) is 4.75. The predicted molar refractivity (Wildman–Crippen MR) is 104 cm³/mol. The van der Waals surface area contributed by atoms with E-state index in [1.165, 1.54) is 5.56 Å². The summed E-state index contributed by atoms with van der Waals surface area (Å²) < 4.78 is 10.7. The second-order valence-corrected chi connectivity index (χ2v) is 6.95. The van der Waals surface area contributed by atoms with Crippen LogP contribution in [0, 0.1) is 0 Å². The van der Waals surface area contributed by atoms with E-state index in [-0.39, 0.29) is 5.91 Å². The lowest BCUT2D eigenvalue weighted by atomic mass is 10.2. The Bertz CT molecular complexity index is 661. The maximum Gasteiger partial charge on any atom is 0.260 e. The molecule has 0 fully saturated rings. The van der Waals surface area contributed by atoms with Crippen LogP contribution in [-0.4, -0.2) is 31.4 Å². The summed E-state index contributed by atoms with van der Waals surface area (Å²) >= 11 is 7.62. The van der Waals surface area contributed by atoms with Gasteiger partial charge >= 0.3 is 0 Å². The van der Waals surface area contributed by atoms with E-state index in [2.05, 4.69) is 5.32 Å². The van der Waals surface area contributed by atoms with E-state index in [9.17, 15) is 4.79 Å². The average Bonchev–Trinajstić information content (AvgIpc) is 2.63. The Labute approximate surface area is 157 Å². The minimum atomic E-state index is -0.547. The van der Waals surface area contributed by atoms with Gasteiger partial charge in [-0.15, -0.1) is 0 Å². The minimum Gasteiger partial charge on any atom is -0.497 e. The summed E-state index contributed by atoms with van der Waals surface area (Å²) in [6.07, 6.45) is -0.547. The highest BCUT2D eigenvalue weighted by Crippen LogP contribution is 2.18. The fourth-order valence-corrected chi connectivity index (χ4v) is 3.02. The maximum absolute atomic E-state index is 12.1. The van der Waals surface area contributed by atoms with E-state index in [1.54, 1.807) is 50.1 Å². The quantitative estimate of drug-likeness (QED) is 0.664. The standard InChI is InChI=1S/C19H22ClNO3S/c1-14(24-18-9-7-17(23-2)8-10-18)19(22)21-11-12-25-13-15-3-5-16(20)6-4-15/h3-10,14H,11-13H2,1-2H3,(H,21,22)/t14-/m0/s1. The van der Waals surface area contributed by atoms with Crippen LogP contribution in [0.25, 0.3) is 0 Å². The number of hydrogen-bond donors (Lipinski definition) is 1. The van der Waals surface area contributed by atoms with Gasteiger partial charge in [0.2, 0.25) is 0 Å². The summed E-state index contributed by atoms with van der Waals surface area (Å²) in [5, 5.41) is 3.63. The van der Waals surface area contributed by atoms with Crippen LogP contribution in [0.5, 0.6) is 11.5 Å². The smallest absolute Gasteiger partial charge is 0.260 e. The molecule has 0 aliphatic carbocycles. The molecule has 0 heterocycles. The molecule has 1 amide bonds. The number of halogens is 1. The van der Waals surface area contributed by atoms with Crippen molar-refractivity contribution < 1.29 is 14.3 Å². The first-order valence-corrected chi connectivity index (χ1v) is 9.52. The first-order chi connectivity index (χ1) is 12.1. The van der Waals surface area contributed by atoms with Gasteiger partial charge in [-0.1, -0.05) is 23.7 Å². The van der Waals surface area contributed by atoms with Crippen molar-refractivity contribution in [2.24, 2.45) is 0 Å². The van der Waals surface area contributed by atoms with E-state index < -0.39 is 6.10 Å². The van der Waals surface area contributed by atoms with Gasteiger partial charge in [-0.25, -0.2) is 0 Å². The maximum atomic E-state index is 12.1. The van der Waals surface area contributed by atoms with Gasteiger partial charge in [0.15, 0.2) is 6.10 Å². The lowest BCUT2D eigenvalue weighted by Crippen LogP contribution is -2.37. The molecular formula is C19H22ClNO3S. The first kappa shape index (κ1) is 19.5. The molecule has 4 nitrogen and oxygen atoms in total. The molecule has 0 aliphatic heterocycles. The Morgan fingerprint density at radius 3 is 2.40 bits per heavy atom. The topological polar surface area (TPSA) is 47.6 Å². The number of carbonyl (C=O) groups is 1. The molecule has 1 N–H and O–H groups in total. The predicted octanol–water partition coefficient (Wildman–Crippen LogP) is 4.17. The average molecular weight is 380 g/mol. The largest absolute Gasteiger partial charge is 0.497 e. The van der Waals surface area contributed by atoms with Crippen LogP contribution in [0.2, 0.25) is 5.02 Å². The highest BCUT2D eigenvalue weighted by Gasteiger charge is 2.13. The number of amides is 1. The van der Waals surface area contributed by atoms with Crippen LogP contribution in [0.4, 0.5) is 0 Å². The zero-order chi connectivity index (χ0) is 18.1. The van der Waals surface area contributed by atoms with Crippen molar-refractivity contribution in [3.63, 3.8) is 0 Å². The zero-order valence-corrected chi connectivity index (χ0v) is 15.9. The lowest BCUT2D eigenvalue weighted by molar-refractivity contribution is -0.127. The number of nitrogens with one attached hydrogen (secondary N) is 1. The number of carbonyl (C=O) groups excluding carboxylic acids is 1. The molecule has 0 aromatic heterocycles.